The van der Waals surface area contributed by atoms with Gasteiger partial charge in [0.25, 0.3) is 11.8 Å². The molecule has 4 N–H and O–H groups in total. The average Bonchev–Trinajstić information content (AvgIpc) is 4.09. The summed E-state index contributed by atoms with van der Waals surface area (Å²) in [4.78, 5) is 166. The minimum Gasteiger partial charge on any atom is -0.458 e. The Kier molecular flexibility index (Phi) is 57.1. The van der Waals surface area contributed by atoms with Crippen LogP contribution < -0.4 is 21.3 Å². The van der Waals surface area contributed by atoms with E-state index >= 15 is 0 Å². The Labute approximate surface area is 525 Å². The topological polar surface area (TPSA) is 320 Å². The van der Waals surface area contributed by atoms with Crippen molar-refractivity contribution < 1.29 is 76.7 Å². The first-order valence-corrected chi connectivity index (χ1v) is 31.6. The minimum atomic E-state index is -0.329. The number of unbranched alkanes of at least 4 members (excludes halogenated alkanes) is 8. The molecule has 22 heteroatoms. The molecule has 2 aliphatic heterocycles. The number of ketones is 6. The number of amides is 8. The van der Waals surface area contributed by atoms with Crippen molar-refractivity contribution in [2.24, 2.45) is 5.92 Å². The van der Waals surface area contributed by atoms with Crippen LogP contribution in [0.5, 0.6) is 0 Å². The largest absolute Gasteiger partial charge is 0.458 e. The molecular formula is C66H110N6O16. The zero-order chi connectivity index (χ0) is 67.8. The Morgan fingerprint density at radius 2 is 0.830 bits per heavy atom. The number of esters is 1. The first-order valence-electron chi connectivity index (χ1n) is 31.6. The summed E-state index contributed by atoms with van der Waals surface area (Å²) < 4.78 is 4.46. The SMILES string of the molecule is CC(=O)CCCCCN1C(=O)c2ccccc2C1=O.CCC(=O)NCCCCCC(C)=O.CCC(=O)OCC(C)=O.CCCCCCN1C(=O)CC(C)C1=O.CCNC(=O)CCC(C)=O.CCNC(=O)CCCC(C)=O.CCNC(=O)CCCCC(C)=O. The van der Waals surface area contributed by atoms with Crippen LogP contribution in [0.3, 0.4) is 0 Å². The highest BCUT2D eigenvalue weighted by molar-refractivity contribution is 6.21. The summed E-state index contributed by atoms with van der Waals surface area (Å²) >= 11 is 0. The van der Waals surface area contributed by atoms with Crippen molar-refractivity contribution in [1.82, 2.24) is 31.1 Å². The highest BCUT2D eigenvalue weighted by atomic mass is 16.5. The number of ether oxygens (including phenoxy) is 1. The standard InChI is InChI=1S/C15H17NO3.C11H19NO2.C10H19NO2.C9H17NO2.C8H15NO2.C7H13NO2.C6H10O3/c1-11(17)7-3-2-6-10-16-14(18)12-8-4-5-9-13(12)15(16)19;1-3-4-5-6-7-12-10(13)8-9(2)11(12)14;1-3-10(13)11-8-6-4-5-7-9(2)12;1-3-10-9(12)7-5-4-6-8(2)11;1-3-9-8(11)6-4-5-7(2)10;1-3-8-7(10)5-4-6(2)9;1-3-6(8)9-4-5(2)7/h4-5,8-9H,2-3,6-7,10H2,1H3;9H,3-8H2,1-2H3;3-8H2,1-2H3,(H,11,13);3-7H2,1-2H3,(H,10,12);3-6H2,1-2H3,(H,9,11);3-5H2,1-2H3,(H,8,10);3-4H2,1-2H3. The number of rotatable bonds is 36. The lowest BCUT2D eigenvalue weighted by Crippen LogP contribution is -2.31. The Morgan fingerprint density at radius 3 is 1.23 bits per heavy atom. The number of likely N-dealkylation sites (tertiary alicyclic amines) is 1. The smallest absolute Gasteiger partial charge is 0.305 e. The van der Waals surface area contributed by atoms with Crippen molar-refractivity contribution in [3.05, 3.63) is 35.4 Å². The second-order valence-corrected chi connectivity index (χ2v) is 21.3. The van der Waals surface area contributed by atoms with Gasteiger partial charge in [-0.25, -0.2) is 0 Å². The van der Waals surface area contributed by atoms with Gasteiger partial charge in [-0.1, -0.05) is 71.9 Å². The Morgan fingerprint density at radius 1 is 0.432 bits per heavy atom. The number of carbonyl (C=O) groups is 15. The second-order valence-electron chi connectivity index (χ2n) is 21.3. The Bertz CT molecular complexity index is 2270. The van der Waals surface area contributed by atoms with Gasteiger partial charge in [0.2, 0.25) is 35.4 Å². The molecule has 0 spiro atoms. The number of benzene rings is 1. The molecule has 1 aromatic carbocycles. The lowest BCUT2D eigenvalue weighted by atomic mass is 10.1. The molecule has 500 valence electrons. The summed E-state index contributed by atoms with van der Waals surface area (Å²) in [6.07, 6.45) is 17.4. The molecule has 1 aromatic rings. The first kappa shape index (κ1) is 87.3. The quantitative estimate of drug-likeness (QED) is 0.0276. The summed E-state index contributed by atoms with van der Waals surface area (Å²) in [5.41, 5.74) is 0.993. The number of hydrogen-bond acceptors (Lipinski definition) is 16. The number of Topliss-reactive ketones (excluding diaryl/α,β-unsaturated/α-hetero) is 6. The molecule has 0 radical (unpaired) electrons. The molecule has 1 fully saturated rings. The third-order valence-electron chi connectivity index (χ3n) is 12.5. The highest BCUT2D eigenvalue weighted by Crippen LogP contribution is 2.23. The van der Waals surface area contributed by atoms with Crippen molar-refractivity contribution in [3.8, 4) is 0 Å². The van der Waals surface area contributed by atoms with E-state index in [0.29, 0.717) is 121 Å². The summed E-state index contributed by atoms with van der Waals surface area (Å²) in [5, 5.41) is 10.8. The third-order valence-corrected chi connectivity index (χ3v) is 12.5. The maximum Gasteiger partial charge on any atom is 0.305 e. The lowest BCUT2D eigenvalue weighted by molar-refractivity contribution is -0.147. The zero-order valence-electron chi connectivity index (χ0n) is 55.7. The van der Waals surface area contributed by atoms with E-state index in [0.717, 1.165) is 70.8 Å². The van der Waals surface area contributed by atoms with E-state index in [2.05, 4.69) is 32.9 Å². The van der Waals surface area contributed by atoms with Gasteiger partial charge in [0.1, 0.15) is 35.5 Å². The molecule has 1 unspecified atom stereocenters. The summed E-state index contributed by atoms with van der Waals surface area (Å²) in [5.74, 6) is 0.101. The summed E-state index contributed by atoms with van der Waals surface area (Å²) in [7, 11) is 0. The maximum atomic E-state index is 12.0. The highest BCUT2D eigenvalue weighted by Gasteiger charge is 2.35. The van der Waals surface area contributed by atoms with Gasteiger partial charge in [-0.15, -0.1) is 0 Å². The van der Waals surface area contributed by atoms with Crippen molar-refractivity contribution in [2.45, 2.75) is 244 Å². The van der Waals surface area contributed by atoms with E-state index in [1.165, 1.54) is 43.4 Å². The van der Waals surface area contributed by atoms with Crippen LogP contribution in [0.1, 0.15) is 265 Å². The third kappa shape index (κ3) is 53.1. The van der Waals surface area contributed by atoms with Gasteiger partial charge in [0.05, 0.1) is 11.1 Å². The summed E-state index contributed by atoms with van der Waals surface area (Å²) in [6, 6.07) is 6.90. The number of nitrogens with zero attached hydrogens (tertiary/aromatic N) is 2. The summed E-state index contributed by atoms with van der Waals surface area (Å²) in [6.45, 7) is 26.0. The maximum absolute atomic E-state index is 12.0. The van der Waals surface area contributed by atoms with Crippen LogP contribution in [-0.4, -0.2) is 144 Å². The predicted octanol–water partition coefficient (Wildman–Crippen LogP) is 9.23. The van der Waals surface area contributed by atoms with E-state index in [9.17, 15) is 71.9 Å². The fourth-order valence-corrected chi connectivity index (χ4v) is 7.66. The molecule has 22 nitrogen and oxygen atoms in total. The number of nitrogens with one attached hydrogen (secondary N) is 4. The van der Waals surface area contributed by atoms with Gasteiger partial charge < -0.3 is 50.0 Å². The molecular weight excluding hydrogens is 1130 g/mol. The van der Waals surface area contributed by atoms with Crippen molar-refractivity contribution in [3.63, 3.8) is 0 Å². The van der Waals surface area contributed by atoms with Crippen molar-refractivity contribution in [2.75, 3.05) is 45.9 Å². The van der Waals surface area contributed by atoms with E-state index < -0.39 is 0 Å². The predicted molar refractivity (Wildman–Crippen MR) is 340 cm³/mol. The molecule has 88 heavy (non-hydrogen) atoms. The van der Waals surface area contributed by atoms with Gasteiger partial charge in [-0.2, -0.15) is 0 Å². The van der Waals surface area contributed by atoms with Crippen LogP contribution in [0.15, 0.2) is 24.3 Å². The number of carbonyl (C=O) groups excluding carboxylic acids is 15. The van der Waals surface area contributed by atoms with Gasteiger partial charge in [-0.05, 0) is 126 Å². The van der Waals surface area contributed by atoms with E-state index in [-0.39, 0.29) is 100 Å². The monoisotopic (exact) mass is 1240 g/mol. The van der Waals surface area contributed by atoms with Gasteiger partial charge in [-0.3, -0.25) is 57.7 Å². The molecule has 2 heterocycles. The molecule has 0 aliphatic carbocycles. The molecule has 0 saturated carbocycles. The lowest BCUT2D eigenvalue weighted by Gasteiger charge is -2.13. The van der Waals surface area contributed by atoms with E-state index in [4.69, 9.17) is 0 Å². The minimum absolute atomic E-state index is 0.0130. The molecule has 3 rings (SSSR count). The Balaban J connectivity index is -0.000000475. The number of imide groups is 2. The molecule has 2 aliphatic rings. The number of fused-ring (bicyclic) bond motifs is 1. The van der Waals surface area contributed by atoms with E-state index in [1.807, 2.05) is 34.6 Å². The molecule has 0 aromatic heterocycles. The van der Waals surface area contributed by atoms with Gasteiger partial charge in [0, 0.05) is 116 Å². The van der Waals surface area contributed by atoms with Crippen LogP contribution >= 0.6 is 0 Å². The molecule has 0 bridgehead atoms. The fraction of sp³-hybridized carbons (Fsp3) is 0.682. The van der Waals surface area contributed by atoms with E-state index in [1.54, 1.807) is 52.0 Å². The number of hydrogen-bond donors (Lipinski definition) is 4. The van der Waals surface area contributed by atoms with Gasteiger partial charge >= 0.3 is 5.97 Å². The second kappa shape index (κ2) is 57.6. The zero-order valence-corrected chi connectivity index (χ0v) is 55.7. The average molecular weight is 1240 g/mol. The van der Waals surface area contributed by atoms with Crippen LogP contribution in [0.2, 0.25) is 0 Å². The first-order chi connectivity index (χ1) is 41.6. The van der Waals surface area contributed by atoms with Crippen molar-refractivity contribution >= 4 is 87.9 Å². The molecule has 8 amide bonds. The molecule has 1 saturated heterocycles. The van der Waals surface area contributed by atoms with Crippen LogP contribution in [0, 0.1) is 5.92 Å². The van der Waals surface area contributed by atoms with Crippen LogP contribution in [0.25, 0.3) is 0 Å². The van der Waals surface area contributed by atoms with Crippen molar-refractivity contribution in [1.29, 1.82) is 0 Å². The Hall–Kier alpha value is -7.13. The van der Waals surface area contributed by atoms with Gasteiger partial charge in [0.15, 0.2) is 5.78 Å². The van der Waals surface area contributed by atoms with Crippen LogP contribution in [-0.2, 0) is 67.1 Å². The normalized spacial score (nSPS) is 12.3. The fourth-order valence-electron chi connectivity index (χ4n) is 7.66. The molecule has 1 atom stereocenters. The van der Waals surface area contributed by atoms with Crippen LogP contribution in [0.4, 0.5) is 0 Å².